The van der Waals surface area contributed by atoms with Crippen LogP contribution in [0.5, 0.6) is 0 Å². The van der Waals surface area contributed by atoms with E-state index in [1.807, 2.05) is 0 Å². The number of thiocarbonyl (C=S) groups is 1. The van der Waals surface area contributed by atoms with Crippen molar-refractivity contribution in [3.63, 3.8) is 0 Å². The van der Waals surface area contributed by atoms with E-state index in [2.05, 4.69) is 10.6 Å². The van der Waals surface area contributed by atoms with Gasteiger partial charge in [-0.25, -0.2) is 0 Å². The Labute approximate surface area is 112 Å². The zero-order valence-electron chi connectivity index (χ0n) is 10.1. The zero-order chi connectivity index (χ0) is 13.0. The van der Waals surface area contributed by atoms with Crippen molar-refractivity contribution in [3.8, 4) is 0 Å². The smallest absolute Gasteiger partial charge is 0.251 e. The molecule has 0 aromatic heterocycles. The molecule has 1 saturated carbocycles. The van der Waals surface area contributed by atoms with Crippen LogP contribution in [0.3, 0.4) is 0 Å². The van der Waals surface area contributed by atoms with Gasteiger partial charge in [-0.2, -0.15) is 0 Å². The lowest BCUT2D eigenvalue weighted by Crippen LogP contribution is -2.32. The van der Waals surface area contributed by atoms with Crippen molar-refractivity contribution in [1.29, 1.82) is 0 Å². The molecule has 18 heavy (non-hydrogen) atoms. The molecule has 0 unspecified atom stereocenters. The predicted molar refractivity (Wildman–Crippen MR) is 76.6 cm³/mol. The third-order valence-electron chi connectivity index (χ3n) is 3.11. The van der Waals surface area contributed by atoms with Crippen molar-refractivity contribution in [2.75, 3.05) is 5.32 Å². The molecule has 1 aromatic carbocycles. The Bertz CT molecular complexity index is 438. The first-order chi connectivity index (χ1) is 8.65. The van der Waals surface area contributed by atoms with Crippen LogP contribution in [0.25, 0.3) is 0 Å². The lowest BCUT2D eigenvalue weighted by atomic mass is 10.1. The molecule has 96 valence electrons. The van der Waals surface area contributed by atoms with E-state index in [0.717, 1.165) is 18.5 Å². The summed E-state index contributed by atoms with van der Waals surface area (Å²) in [6, 6.07) is 7.47. The summed E-state index contributed by atoms with van der Waals surface area (Å²) in [5, 5.41) is 6.09. The maximum Gasteiger partial charge on any atom is 0.251 e. The molecule has 0 heterocycles. The summed E-state index contributed by atoms with van der Waals surface area (Å²) in [5.41, 5.74) is 6.83. The van der Waals surface area contributed by atoms with Gasteiger partial charge in [0.15, 0.2) is 5.11 Å². The third kappa shape index (κ3) is 3.43. The number of carbonyl (C=O) groups is 1. The van der Waals surface area contributed by atoms with E-state index in [1.165, 1.54) is 12.8 Å². The zero-order valence-corrected chi connectivity index (χ0v) is 10.9. The molecule has 1 amide bonds. The van der Waals surface area contributed by atoms with Crippen molar-refractivity contribution in [2.45, 2.75) is 31.7 Å². The van der Waals surface area contributed by atoms with E-state index >= 15 is 0 Å². The van der Waals surface area contributed by atoms with Crippen molar-refractivity contribution >= 4 is 28.9 Å². The molecular weight excluding hydrogens is 246 g/mol. The van der Waals surface area contributed by atoms with Gasteiger partial charge in [0.25, 0.3) is 5.91 Å². The molecule has 5 heteroatoms. The van der Waals surface area contributed by atoms with Crippen LogP contribution in [0, 0.1) is 0 Å². The minimum absolute atomic E-state index is 0.0104. The number of rotatable bonds is 3. The highest BCUT2D eigenvalue weighted by Crippen LogP contribution is 2.18. The first kappa shape index (κ1) is 12.8. The molecule has 0 saturated heterocycles. The fourth-order valence-corrected chi connectivity index (χ4v) is 2.30. The number of benzene rings is 1. The van der Waals surface area contributed by atoms with Crippen LogP contribution >= 0.6 is 12.2 Å². The molecule has 1 aliphatic carbocycles. The van der Waals surface area contributed by atoms with Gasteiger partial charge in [-0.3, -0.25) is 4.79 Å². The number of amides is 1. The molecule has 4 N–H and O–H groups in total. The van der Waals surface area contributed by atoms with E-state index in [1.54, 1.807) is 24.3 Å². The molecule has 0 radical (unpaired) electrons. The van der Waals surface area contributed by atoms with E-state index in [0.29, 0.717) is 11.6 Å². The van der Waals surface area contributed by atoms with Gasteiger partial charge in [-0.15, -0.1) is 0 Å². The lowest BCUT2D eigenvalue weighted by Gasteiger charge is -2.12. The van der Waals surface area contributed by atoms with Gasteiger partial charge < -0.3 is 16.4 Å². The summed E-state index contributed by atoms with van der Waals surface area (Å²) in [5.74, 6) is -0.0104. The summed E-state index contributed by atoms with van der Waals surface area (Å²) in [6.45, 7) is 0. The highest BCUT2D eigenvalue weighted by molar-refractivity contribution is 7.80. The SMILES string of the molecule is NC(=S)Nc1ccc(C(=O)NC2CCCC2)cc1. The Balaban J connectivity index is 1.95. The quantitative estimate of drug-likeness (QED) is 0.730. The summed E-state index contributed by atoms with van der Waals surface area (Å²) in [6.07, 6.45) is 4.60. The van der Waals surface area contributed by atoms with Gasteiger partial charge in [-0.05, 0) is 49.3 Å². The minimum atomic E-state index is -0.0104. The fraction of sp³-hybridized carbons (Fsp3) is 0.385. The monoisotopic (exact) mass is 263 g/mol. The number of anilines is 1. The average Bonchev–Trinajstić information content (AvgIpc) is 2.82. The lowest BCUT2D eigenvalue weighted by molar-refractivity contribution is 0.0938. The van der Waals surface area contributed by atoms with E-state index in [4.69, 9.17) is 18.0 Å². The molecular formula is C13H17N3OS. The Morgan fingerprint density at radius 1 is 1.22 bits per heavy atom. The second-order valence-corrected chi connectivity index (χ2v) is 4.96. The van der Waals surface area contributed by atoms with Crippen molar-refractivity contribution < 1.29 is 4.79 Å². The minimum Gasteiger partial charge on any atom is -0.376 e. The largest absolute Gasteiger partial charge is 0.376 e. The highest BCUT2D eigenvalue weighted by Gasteiger charge is 2.17. The Morgan fingerprint density at radius 2 is 1.83 bits per heavy atom. The Kier molecular flexibility index (Phi) is 4.15. The number of hydrogen-bond acceptors (Lipinski definition) is 2. The summed E-state index contributed by atoms with van der Waals surface area (Å²) < 4.78 is 0. The second-order valence-electron chi connectivity index (χ2n) is 4.52. The van der Waals surface area contributed by atoms with E-state index in [-0.39, 0.29) is 11.0 Å². The number of nitrogens with one attached hydrogen (secondary N) is 2. The topological polar surface area (TPSA) is 67.1 Å². The molecule has 1 aliphatic rings. The van der Waals surface area contributed by atoms with Gasteiger partial charge in [0, 0.05) is 17.3 Å². The van der Waals surface area contributed by atoms with Gasteiger partial charge in [0.1, 0.15) is 0 Å². The molecule has 0 bridgehead atoms. The third-order valence-corrected chi connectivity index (χ3v) is 3.21. The van der Waals surface area contributed by atoms with Crippen LogP contribution in [0.15, 0.2) is 24.3 Å². The van der Waals surface area contributed by atoms with Crippen LogP contribution in [0.4, 0.5) is 5.69 Å². The standard InChI is InChI=1S/C13H17N3OS/c14-13(18)16-11-7-5-9(6-8-11)12(17)15-10-3-1-2-4-10/h5-8,10H,1-4H2,(H,15,17)(H3,14,16,18). The van der Waals surface area contributed by atoms with Crippen LogP contribution in [0.2, 0.25) is 0 Å². The van der Waals surface area contributed by atoms with Gasteiger partial charge >= 0.3 is 0 Å². The summed E-state index contributed by atoms with van der Waals surface area (Å²) in [7, 11) is 0. The maximum atomic E-state index is 12.0. The van der Waals surface area contributed by atoms with Crippen LogP contribution in [-0.4, -0.2) is 17.1 Å². The molecule has 0 spiro atoms. The average molecular weight is 263 g/mol. The Hall–Kier alpha value is -1.62. The van der Waals surface area contributed by atoms with Crippen LogP contribution < -0.4 is 16.4 Å². The van der Waals surface area contributed by atoms with Gasteiger partial charge in [0.05, 0.1) is 0 Å². The Morgan fingerprint density at radius 3 is 2.39 bits per heavy atom. The van der Waals surface area contributed by atoms with Crippen LogP contribution in [0.1, 0.15) is 36.0 Å². The molecule has 2 rings (SSSR count). The fourth-order valence-electron chi connectivity index (χ4n) is 2.19. The number of nitrogens with two attached hydrogens (primary N) is 1. The van der Waals surface area contributed by atoms with Gasteiger partial charge in [0.2, 0.25) is 0 Å². The normalized spacial score (nSPS) is 15.3. The number of carbonyl (C=O) groups excluding carboxylic acids is 1. The molecule has 0 aliphatic heterocycles. The predicted octanol–water partition coefficient (Wildman–Crippen LogP) is 2.01. The summed E-state index contributed by atoms with van der Waals surface area (Å²) in [4.78, 5) is 12.0. The molecule has 4 nitrogen and oxygen atoms in total. The number of hydrogen-bond donors (Lipinski definition) is 3. The van der Waals surface area contributed by atoms with Crippen LogP contribution in [-0.2, 0) is 0 Å². The molecule has 0 atom stereocenters. The molecule has 1 aromatic rings. The van der Waals surface area contributed by atoms with E-state index in [9.17, 15) is 4.79 Å². The van der Waals surface area contributed by atoms with E-state index < -0.39 is 0 Å². The van der Waals surface area contributed by atoms with Crippen molar-refractivity contribution in [3.05, 3.63) is 29.8 Å². The highest BCUT2D eigenvalue weighted by atomic mass is 32.1. The molecule has 1 fully saturated rings. The van der Waals surface area contributed by atoms with Gasteiger partial charge in [-0.1, -0.05) is 12.8 Å². The second kappa shape index (κ2) is 5.82. The van der Waals surface area contributed by atoms with Crippen molar-refractivity contribution in [1.82, 2.24) is 5.32 Å². The maximum absolute atomic E-state index is 12.0. The summed E-state index contributed by atoms with van der Waals surface area (Å²) >= 11 is 4.74. The van der Waals surface area contributed by atoms with Crippen molar-refractivity contribution in [2.24, 2.45) is 5.73 Å². The first-order valence-electron chi connectivity index (χ1n) is 6.12. The first-order valence-corrected chi connectivity index (χ1v) is 6.53.